The fourth-order valence-corrected chi connectivity index (χ4v) is 3.27. The van der Waals surface area contributed by atoms with Crippen LogP contribution in [0.25, 0.3) is 0 Å². The number of methoxy groups -OCH3 is 3. The van der Waals surface area contributed by atoms with Gasteiger partial charge in [0, 0.05) is 5.75 Å². The van der Waals surface area contributed by atoms with Crippen LogP contribution in [0.2, 0.25) is 0 Å². The Labute approximate surface area is 159 Å². The lowest BCUT2D eigenvalue weighted by Crippen LogP contribution is -2.28. The first kappa shape index (κ1) is 20.0. The van der Waals surface area contributed by atoms with Crippen LogP contribution in [0.4, 0.5) is 0 Å². The quantitative estimate of drug-likeness (QED) is 0.722. The third-order valence-electron chi connectivity index (χ3n) is 3.95. The van der Waals surface area contributed by atoms with Gasteiger partial charge in [-0.25, -0.2) is 0 Å². The first-order valence-corrected chi connectivity index (χ1v) is 9.44. The van der Waals surface area contributed by atoms with Gasteiger partial charge in [-0.3, -0.25) is 4.79 Å². The molecule has 0 heterocycles. The van der Waals surface area contributed by atoms with Gasteiger partial charge in [-0.1, -0.05) is 18.2 Å². The minimum Gasteiger partial charge on any atom is -0.497 e. The zero-order valence-corrected chi connectivity index (χ0v) is 16.4. The van der Waals surface area contributed by atoms with Gasteiger partial charge in [0.15, 0.2) is 11.5 Å². The molecule has 0 spiro atoms. The molecule has 0 aliphatic carbocycles. The van der Waals surface area contributed by atoms with Crippen LogP contribution in [0.3, 0.4) is 0 Å². The molecule has 0 saturated carbocycles. The monoisotopic (exact) mass is 375 g/mol. The summed E-state index contributed by atoms with van der Waals surface area (Å²) >= 11 is 1.58. The molecule has 1 N–H and O–H groups in total. The first-order chi connectivity index (χ1) is 12.6. The third kappa shape index (κ3) is 5.59. The number of thioether (sulfide) groups is 1. The Hall–Kier alpha value is -2.34. The molecule has 2 aromatic rings. The summed E-state index contributed by atoms with van der Waals surface area (Å²) in [6.45, 7) is 1.95. The second-order valence-electron chi connectivity index (χ2n) is 5.74. The van der Waals surface area contributed by atoms with Crippen molar-refractivity contribution in [2.75, 3.05) is 27.1 Å². The van der Waals surface area contributed by atoms with Gasteiger partial charge in [0.1, 0.15) is 5.75 Å². The zero-order valence-electron chi connectivity index (χ0n) is 15.6. The van der Waals surface area contributed by atoms with Gasteiger partial charge in [-0.15, -0.1) is 11.8 Å². The van der Waals surface area contributed by atoms with Gasteiger partial charge in [0.2, 0.25) is 5.91 Å². The molecule has 0 unspecified atom stereocenters. The normalized spacial score (nSPS) is 11.5. The average Bonchev–Trinajstić information content (AvgIpc) is 2.67. The lowest BCUT2D eigenvalue weighted by Gasteiger charge is -2.16. The Kier molecular flexibility index (Phi) is 7.66. The van der Waals surface area contributed by atoms with Gasteiger partial charge in [-0.2, -0.15) is 0 Å². The number of carbonyl (C=O) groups is 1. The predicted octanol–water partition coefficient (Wildman–Crippen LogP) is 3.82. The SMILES string of the molecule is COc1ccc(CSCC(=O)N[C@@H](C)c2ccc(OC)c(OC)c2)cc1. The Morgan fingerprint density at radius 1 is 1.00 bits per heavy atom. The summed E-state index contributed by atoms with van der Waals surface area (Å²) in [6, 6.07) is 13.4. The van der Waals surface area contributed by atoms with E-state index in [1.165, 1.54) is 0 Å². The molecule has 0 fully saturated rings. The van der Waals surface area contributed by atoms with E-state index in [2.05, 4.69) is 5.32 Å². The molecule has 26 heavy (non-hydrogen) atoms. The van der Waals surface area contributed by atoms with E-state index in [4.69, 9.17) is 14.2 Å². The van der Waals surface area contributed by atoms with Crippen molar-refractivity contribution >= 4 is 17.7 Å². The maximum absolute atomic E-state index is 12.2. The van der Waals surface area contributed by atoms with E-state index in [1.54, 1.807) is 33.1 Å². The fourth-order valence-electron chi connectivity index (χ4n) is 2.47. The van der Waals surface area contributed by atoms with Crippen molar-refractivity contribution in [2.45, 2.75) is 18.7 Å². The maximum Gasteiger partial charge on any atom is 0.230 e. The van der Waals surface area contributed by atoms with Gasteiger partial charge >= 0.3 is 0 Å². The van der Waals surface area contributed by atoms with E-state index in [0.29, 0.717) is 17.3 Å². The molecular formula is C20H25NO4S. The molecule has 5 nitrogen and oxygen atoms in total. The molecule has 0 aromatic heterocycles. The van der Waals surface area contributed by atoms with Gasteiger partial charge in [0.25, 0.3) is 0 Å². The number of carbonyl (C=O) groups excluding carboxylic acids is 1. The summed E-state index contributed by atoms with van der Waals surface area (Å²) in [5.74, 6) is 3.35. The average molecular weight is 375 g/mol. The fraction of sp³-hybridized carbons (Fsp3) is 0.350. The van der Waals surface area contributed by atoms with Crippen LogP contribution in [0.5, 0.6) is 17.2 Å². The molecule has 0 bridgehead atoms. The number of nitrogens with one attached hydrogen (secondary N) is 1. The van der Waals surface area contributed by atoms with Gasteiger partial charge in [0.05, 0.1) is 33.1 Å². The largest absolute Gasteiger partial charge is 0.497 e. The summed E-state index contributed by atoms with van der Waals surface area (Å²) in [4.78, 5) is 12.2. The summed E-state index contributed by atoms with van der Waals surface area (Å²) in [6.07, 6.45) is 0. The minimum atomic E-state index is -0.108. The van der Waals surface area contributed by atoms with Crippen LogP contribution in [0, 0.1) is 0 Å². The Bertz CT molecular complexity index is 718. The molecule has 0 aliphatic heterocycles. The number of benzene rings is 2. The van der Waals surface area contributed by atoms with Crippen molar-refractivity contribution in [2.24, 2.45) is 0 Å². The molecular weight excluding hydrogens is 350 g/mol. The van der Waals surface area contributed by atoms with E-state index >= 15 is 0 Å². The first-order valence-electron chi connectivity index (χ1n) is 8.29. The molecule has 0 radical (unpaired) electrons. The molecule has 1 amide bonds. The van der Waals surface area contributed by atoms with Crippen LogP contribution < -0.4 is 19.5 Å². The Morgan fingerprint density at radius 3 is 2.31 bits per heavy atom. The van der Waals surface area contributed by atoms with Crippen LogP contribution in [-0.2, 0) is 10.5 Å². The summed E-state index contributed by atoms with van der Waals surface area (Å²) in [5.41, 5.74) is 2.13. The third-order valence-corrected chi connectivity index (χ3v) is 4.95. The van der Waals surface area contributed by atoms with Crippen molar-refractivity contribution in [3.05, 3.63) is 53.6 Å². The van der Waals surface area contributed by atoms with E-state index in [9.17, 15) is 4.79 Å². The summed E-state index contributed by atoms with van der Waals surface area (Å²) in [7, 11) is 4.84. The van der Waals surface area contributed by atoms with Crippen LogP contribution in [0.15, 0.2) is 42.5 Å². The van der Waals surface area contributed by atoms with E-state index in [0.717, 1.165) is 22.6 Å². The highest BCUT2D eigenvalue weighted by atomic mass is 32.2. The van der Waals surface area contributed by atoms with Crippen molar-refractivity contribution in [1.82, 2.24) is 5.32 Å². The zero-order chi connectivity index (χ0) is 18.9. The molecule has 6 heteroatoms. The van der Waals surface area contributed by atoms with E-state index in [1.807, 2.05) is 49.4 Å². The number of hydrogen-bond donors (Lipinski definition) is 1. The highest BCUT2D eigenvalue weighted by Gasteiger charge is 2.12. The molecule has 1 atom stereocenters. The summed E-state index contributed by atoms with van der Waals surface area (Å²) < 4.78 is 15.7. The Balaban J connectivity index is 1.82. The maximum atomic E-state index is 12.2. The van der Waals surface area contributed by atoms with Gasteiger partial charge in [-0.05, 0) is 42.3 Å². The molecule has 2 rings (SSSR count). The van der Waals surface area contributed by atoms with Crippen LogP contribution in [-0.4, -0.2) is 33.0 Å². The second kappa shape index (κ2) is 9.97. The second-order valence-corrected chi connectivity index (χ2v) is 6.73. The lowest BCUT2D eigenvalue weighted by molar-refractivity contribution is -0.119. The molecule has 2 aromatic carbocycles. The van der Waals surface area contributed by atoms with Crippen molar-refractivity contribution < 1.29 is 19.0 Å². The smallest absolute Gasteiger partial charge is 0.230 e. The number of rotatable bonds is 9. The Morgan fingerprint density at radius 2 is 1.69 bits per heavy atom. The lowest BCUT2D eigenvalue weighted by atomic mass is 10.1. The highest BCUT2D eigenvalue weighted by molar-refractivity contribution is 7.99. The topological polar surface area (TPSA) is 56.8 Å². The van der Waals surface area contributed by atoms with Crippen LogP contribution in [0.1, 0.15) is 24.1 Å². The van der Waals surface area contributed by atoms with Gasteiger partial charge < -0.3 is 19.5 Å². The minimum absolute atomic E-state index is 0.00537. The molecule has 0 saturated heterocycles. The van der Waals surface area contributed by atoms with E-state index < -0.39 is 0 Å². The number of hydrogen-bond acceptors (Lipinski definition) is 5. The van der Waals surface area contributed by atoms with Crippen molar-refractivity contribution in [1.29, 1.82) is 0 Å². The van der Waals surface area contributed by atoms with Crippen molar-refractivity contribution in [3.63, 3.8) is 0 Å². The molecule has 0 aliphatic rings. The standard InChI is InChI=1S/C20H25NO4S/c1-14(16-7-10-18(24-3)19(11-16)25-4)21-20(22)13-26-12-15-5-8-17(23-2)9-6-15/h5-11,14H,12-13H2,1-4H3,(H,21,22)/t14-/m0/s1. The predicted molar refractivity (Wildman–Crippen MR) is 105 cm³/mol. The van der Waals surface area contributed by atoms with Crippen molar-refractivity contribution in [3.8, 4) is 17.2 Å². The highest BCUT2D eigenvalue weighted by Crippen LogP contribution is 2.29. The molecule has 140 valence electrons. The summed E-state index contributed by atoms with van der Waals surface area (Å²) in [5, 5.41) is 3.01. The van der Waals surface area contributed by atoms with E-state index in [-0.39, 0.29) is 11.9 Å². The van der Waals surface area contributed by atoms with Crippen LogP contribution >= 0.6 is 11.8 Å². The number of amides is 1. The number of ether oxygens (including phenoxy) is 3.